The van der Waals surface area contributed by atoms with Crippen LogP contribution < -0.4 is 4.74 Å². The third kappa shape index (κ3) is 2.21. The molecule has 0 fully saturated rings. The van der Waals surface area contributed by atoms with Crippen LogP contribution in [-0.4, -0.2) is 17.2 Å². The van der Waals surface area contributed by atoms with Gasteiger partial charge >= 0.3 is 0 Å². The Balaban J connectivity index is 2.73. The number of benzene rings is 1. The number of aliphatic hydroxyl groups is 1. The molecule has 2 aromatic rings. The zero-order valence-corrected chi connectivity index (χ0v) is 10.5. The van der Waals surface area contributed by atoms with E-state index >= 15 is 0 Å². The fourth-order valence-corrected chi connectivity index (χ4v) is 2.11. The maximum atomic E-state index is 10.0. The van der Waals surface area contributed by atoms with E-state index in [1.54, 1.807) is 13.3 Å². The quantitative estimate of drug-likeness (QED) is 0.910. The minimum atomic E-state index is -0.583. The van der Waals surface area contributed by atoms with E-state index in [0.29, 0.717) is 11.4 Å². The van der Waals surface area contributed by atoms with E-state index in [-0.39, 0.29) is 0 Å². The van der Waals surface area contributed by atoms with Crippen LogP contribution in [0.25, 0.3) is 10.9 Å². The zero-order valence-electron chi connectivity index (χ0n) is 9.77. The molecular weight excluding hydrogens is 238 g/mol. The van der Waals surface area contributed by atoms with E-state index in [0.717, 1.165) is 22.2 Å². The Morgan fingerprint density at radius 1 is 1.47 bits per heavy atom. The van der Waals surface area contributed by atoms with Crippen LogP contribution in [0.4, 0.5) is 0 Å². The Hall–Kier alpha value is -1.32. The summed E-state index contributed by atoms with van der Waals surface area (Å²) in [4.78, 5) is 4.23. The molecular formula is C13H14ClNO2. The molecule has 0 saturated heterocycles. The highest BCUT2D eigenvalue weighted by molar-refractivity contribution is 6.32. The van der Waals surface area contributed by atoms with Gasteiger partial charge in [0.25, 0.3) is 0 Å². The van der Waals surface area contributed by atoms with E-state index in [2.05, 4.69) is 4.98 Å². The largest absolute Gasteiger partial charge is 0.497 e. The van der Waals surface area contributed by atoms with Gasteiger partial charge in [-0.25, -0.2) is 0 Å². The van der Waals surface area contributed by atoms with Crippen molar-refractivity contribution in [3.63, 3.8) is 0 Å². The summed E-state index contributed by atoms with van der Waals surface area (Å²) in [6.45, 7) is 1.91. The number of ether oxygens (including phenoxy) is 1. The van der Waals surface area contributed by atoms with Crippen molar-refractivity contribution >= 4 is 22.5 Å². The predicted octanol–water partition coefficient (Wildman–Crippen LogP) is 3.34. The second kappa shape index (κ2) is 4.90. The Morgan fingerprint density at radius 2 is 2.24 bits per heavy atom. The summed E-state index contributed by atoms with van der Waals surface area (Å²) in [7, 11) is 1.61. The number of aliphatic hydroxyl groups excluding tert-OH is 1. The van der Waals surface area contributed by atoms with Crippen molar-refractivity contribution in [2.75, 3.05) is 7.11 Å². The van der Waals surface area contributed by atoms with Crippen LogP contribution in [0.3, 0.4) is 0 Å². The maximum Gasteiger partial charge on any atom is 0.119 e. The third-order valence-electron chi connectivity index (χ3n) is 2.79. The monoisotopic (exact) mass is 251 g/mol. The van der Waals surface area contributed by atoms with Gasteiger partial charge in [0.05, 0.1) is 23.8 Å². The van der Waals surface area contributed by atoms with E-state index < -0.39 is 6.10 Å². The molecule has 0 spiro atoms. The van der Waals surface area contributed by atoms with Crippen LogP contribution in [0.2, 0.25) is 5.02 Å². The fourth-order valence-electron chi connectivity index (χ4n) is 1.84. The SMILES string of the molecule is CCC(O)c1c(Cl)cnc2ccc(OC)cc12. The summed E-state index contributed by atoms with van der Waals surface area (Å²) >= 11 is 6.11. The summed E-state index contributed by atoms with van der Waals surface area (Å²) in [6.07, 6.45) is 1.60. The molecule has 0 radical (unpaired) electrons. The first kappa shape index (κ1) is 12.1. The predicted molar refractivity (Wildman–Crippen MR) is 68.6 cm³/mol. The number of hydrogen-bond donors (Lipinski definition) is 1. The van der Waals surface area contributed by atoms with Gasteiger partial charge in [-0.15, -0.1) is 0 Å². The maximum absolute atomic E-state index is 10.0. The van der Waals surface area contributed by atoms with Crippen molar-refractivity contribution in [1.29, 1.82) is 0 Å². The highest BCUT2D eigenvalue weighted by atomic mass is 35.5. The lowest BCUT2D eigenvalue weighted by Crippen LogP contribution is -1.99. The molecule has 3 nitrogen and oxygen atoms in total. The topological polar surface area (TPSA) is 42.4 Å². The van der Waals surface area contributed by atoms with Crippen molar-refractivity contribution in [3.8, 4) is 5.75 Å². The summed E-state index contributed by atoms with van der Waals surface area (Å²) in [6, 6.07) is 5.55. The minimum Gasteiger partial charge on any atom is -0.497 e. The lowest BCUT2D eigenvalue weighted by atomic mass is 10.0. The number of aromatic nitrogens is 1. The van der Waals surface area contributed by atoms with Crippen molar-refractivity contribution in [3.05, 3.63) is 35.0 Å². The van der Waals surface area contributed by atoms with E-state index in [1.807, 2.05) is 25.1 Å². The Morgan fingerprint density at radius 3 is 2.88 bits per heavy atom. The molecule has 1 N–H and O–H groups in total. The summed E-state index contributed by atoms with van der Waals surface area (Å²) in [5.74, 6) is 0.728. The molecule has 1 aromatic carbocycles. The fraction of sp³-hybridized carbons (Fsp3) is 0.308. The molecule has 2 rings (SSSR count). The second-order valence-corrected chi connectivity index (χ2v) is 4.23. The summed E-state index contributed by atoms with van der Waals surface area (Å²) < 4.78 is 5.18. The average molecular weight is 252 g/mol. The van der Waals surface area contributed by atoms with Gasteiger partial charge in [0.15, 0.2) is 0 Å². The van der Waals surface area contributed by atoms with Crippen LogP contribution >= 0.6 is 11.6 Å². The number of rotatable bonds is 3. The van der Waals surface area contributed by atoms with Crippen molar-refractivity contribution in [2.24, 2.45) is 0 Å². The van der Waals surface area contributed by atoms with Gasteiger partial charge < -0.3 is 9.84 Å². The molecule has 0 bridgehead atoms. The standard InChI is InChI=1S/C13H14ClNO2/c1-3-12(16)13-9-6-8(17-2)4-5-11(9)15-7-10(13)14/h4-7,12,16H,3H2,1-2H3. The van der Waals surface area contributed by atoms with Gasteiger partial charge in [-0.1, -0.05) is 18.5 Å². The number of hydrogen-bond acceptors (Lipinski definition) is 3. The van der Waals surface area contributed by atoms with Gasteiger partial charge in [0, 0.05) is 17.1 Å². The molecule has 0 saturated carbocycles. The number of fused-ring (bicyclic) bond motifs is 1. The number of methoxy groups -OCH3 is 1. The van der Waals surface area contributed by atoms with E-state index in [9.17, 15) is 5.11 Å². The molecule has 0 aliphatic heterocycles. The van der Waals surface area contributed by atoms with Gasteiger partial charge in [-0.3, -0.25) is 4.98 Å². The molecule has 17 heavy (non-hydrogen) atoms. The number of nitrogens with zero attached hydrogens (tertiary/aromatic N) is 1. The lowest BCUT2D eigenvalue weighted by molar-refractivity contribution is 0.175. The Kier molecular flexibility index (Phi) is 3.50. The van der Waals surface area contributed by atoms with Crippen LogP contribution in [0.5, 0.6) is 5.75 Å². The molecule has 0 amide bonds. The minimum absolute atomic E-state index is 0.486. The molecule has 90 valence electrons. The highest BCUT2D eigenvalue weighted by Crippen LogP contribution is 2.33. The van der Waals surface area contributed by atoms with Gasteiger partial charge in [-0.05, 0) is 24.6 Å². The van der Waals surface area contributed by atoms with Gasteiger partial charge in [0.2, 0.25) is 0 Å². The molecule has 0 aliphatic carbocycles. The first-order chi connectivity index (χ1) is 8.17. The Bertz CT molecular complexity index is 542. The lowest BCUT2D eigenvalue weighted by Gasteiger charge is -2.14. The van der Waals surface area contributed by atoms with Gasteiger partial charge in [-0.2, -0.15) is 0 Å². The average Bonchev–Trinajstić information content (AvgIpc) is 2.37. The van der Waals surface area contributed by atoms with Gasteiger partial charge in [0.1, 0.15) is 5.75 Å². The normalized spacial score (nSPS) is 12.7. The van der Waals surface area contributed by atoms with Crippen molar-refractivity contribution in [2.45, 2.75) is 19.4 Å². The first-order valence-electron chi connectivity index (χ1n) is 5.47. The molecule has 1 heterocycles. The van der Waals surface area contributed by atoms with Crippen LogP contribution in [0, 0.1) is 0 Å². The third-order valence-corrected chi connectivity index (χ3v) is 3.09. The molecule has 1 unspecified atom stereocenters. The number of halogens is 1. The molecule has 1 atom stereocenters. The van der Waals surface area contributed by atoms with E-state index in [1.165, 1.54) is 0 Å². The van der Waals surface area contributed by atoms with Crippen molar-refractivity contribution < 1.29 is 9.84 Å². The summed E-state index contributed by atoms with van der Waals surface area (Å²) in [5, 5.41) is 11.3. The molecule has 1 aromatic heterocycles. The molecule has 0 aliphatic rings. The highest BCUT2D eigenvalue weighted by Gasteiger charge is 2.15. The first-order valence-corrected chi connectivity index (χ1v) is 5.85. The Labute approximate surface area is 105 Å². The second-order valence-electron chi connectivity index (χ2n) is 3.83. The van der Waals surface area contributed by atoms with Crippen LogP contribution in [0.15, 0.2) is 24.4 Å². The van der Waals surface area contributed by atoms with Crippen LogP contribution in [-0.2, 0) is 0 Å². The van der Waals surface area contributed by atoms with Crippen molar-refractivity contribution in [1.82, 2.24) is 4.98 Å². The molecule has 4 heteroatoms. The number of pyridine rings is 1. The smallest absolute Gasteiger partial charge is 0.119 e. The van der Waals surface area contributed by atoms with E-state index in [4.69, 9.17) is 16.3 Å². The van der Waals surface area contributed by atoms with Crippen LogP contribution in [0.1, 0.15) is 25.0 Å². The summed E-state index contributed by atoms with van der Waals surface area (Å²) in [5.41, 5.74) is 1.52. The zero-order chi connectivity index (χ0) is 12.4.